The lowest BCUT2D eigenvalue weighted by Gasteiger charge is -2.32. The third-order valence-electron chi connectivity index (χ3n) is 11.1. The Morgan fingerprint density at radius 1 is 0.742 bits per heavy atom. The van der Waals surface area contributed by atoms with Crippen molar-refractivity contribution in [3.8, 4) is 0 Å². The smallest absolute Gasteiger partial charge is 0.327 e. The van der Waals surface area contributed by atoms with Gasteiger partial charge in [0.25, 0.3) is 0 Å². The van der Waals surface area contributed by atoms with Gasteiger partial charge >= 0.3 is 5.97 Å². The van der Waals surface area contributed by atoms with Crippen LogP contribution >= 0.6 is 25.3 Å². The van der Waals surface area contributed by atoms with Crippen molar-refractivity contribution in [3.05, 3.63) is 36.4 Å². The van der Waals surface area contributed by atoms with E-state index in [1.165, 1.54) is 34.8 Å². The summed E-state index contributed by atoms with van der Waals surface area (Å²) in [6, 6.07) is -9.14. The number of nitrogens with two attached hydrogens (primary N) is 3. The van der Waals surface area contributed by atoms with Crippen LogP contribution in [0.2, 0.25) is 0 Å². The third-order valence-corrected chi connectivity index (χ3v) is 11.9. The van der Waals surface area contributed by atoms with Gasteiger partial charge < -0.3 is 68.7 Å². The molecule has 0 aliphatic carbocycles. The Morgan fingerprint density at radius 3 is 1.73 bits per heavy atom. The SMILES string of the molecule is CC(C)C[C@H](NC(=O)[C@H](Cc1cnc[nH]1)NC(=O)[C@@H]1CCCN1C(=O)[C@H](Cc1cnc[nH]1)NC(=O)[C@@H](N)CS)C(=O)N1CCC[C@H]1C(=O)N[C@@H](CCCN=C(N)N)C(=O)N[C@@H](CS)C(=O)O. The van der Waals surface area contributed by atoms with Crippen LogP contribution in [0.15, 0.2) is 30.0 Å². The Bertz CT molecular complexity index is 2000. The van der Waals surface area contributed by atoms with E-state index in [0.717, 1.165) is 0 Å². The molecule has 2 aliphatic heterocycles. The van der Waals surface area contributed by atoms with E-state index < -0.39 is 95.7 Å². The van der Waals surface area contributed by atoms with E-state index in [-0.39, 0.29) is 88.0 Å². The first-order chi connectivity index (χ1) is 31.4. The number of nitrogens with one attached hydrogen (secondary N) is 7. The largest absolute Gasteiger partial charge is 0.480 e. The number of rotatable bonds is 25. The first-order valence-corrected chi connectivity index (χ1v) is 23.0. The minimum absolute atomic E-state index is 0.0299. The molecule has 8 atom stereocenters. The Balaban J connectivity index is 1.52. The second-order valence-corrected chi connectivity index (χ2v) is 17.4. The first-order valence-electron chi connectivity index (χ1n) is 21.8. The molecule has 0 bridgehead atoms. The summed E-state index contributed by atoms with van der Waals surface area (Å²) in [5.74, 6) is -6.29. The average Bonchev–Trinajstić information content (AvgIpc) is 4.13. The molecule has 0 spiro atoms. The summed E-state index contributed by atoms with van der Waals surface area (Å²) in [5, 5.41) is 22.8. The normalized spacial score (nSPS) is 18.6. The summed E-state index contributed by atoms with van der Waals surface area (Å²) in [6.07, 6.45) is 7.60. The van der Waals surface area contributed by atoms with Crippen LogP contribution in [0.4, 0.5) is 0 Å². The molecular weight excluding hydrogens is 899 g/mol. The predicted octanol–water partition coefficient (Wildman–Crippen LogP) is -3.30. The van der Waals surface area contributed by atoms with E-state index in [1.54, 1.807) is 0 Å². The number of carboxylic acids is 1. The molecule has 4 heterocycles. The van der Waals surface area contributed by atoms with Crippen molar-refractivity contribution in [1.29, 1.82) is 0 Å². The molecule has 26 heteroatoms. The zero-order valence-corrected chi connectivity index (χ0v) is 38.8. The lowest BCUT2D eigenvalue weighted by atomic mass is 10.0. The zero-order chi connectivity index (χ0) is 48.5. The lowest BCUT2D eigenvalue weighted by molar-refractivity contribution is -0.144. The lowest BCUT2D eigenvalue weighted by Crippen LogP contribution is -2.60. The van der Waals surface area contributed by atoms with Gasteiger partial charge in [-0.1, -0.05) is 13.8 Å². The number of carboxylic acid groups (broad SMARTS) is 1. The van der Waals surface area contributed by atoms with Gasteiger partial charge in [-0.3, -0.25) is 38.6 Å². The van der Waals surface area contributed by atoms with E-state index in [9.17, 15) is 43.5 Å². The van der Waals surface area contributed by atoms with Gasteiger partial charge in [0.15, 0.2) is 5.96 Å². The highest BCUT2D eigenvalue weighted by atomic mass is 32.1. The van der Waals surface area contributed by atoms with Crippen LogP contribution in [0.5, 0.6) is 0 Å². The van der Waals surface area contributed by atoms with Gasteiger partial charge in [0.1, 0.15) is 42.3 Å². The number of thiol groups is 2. The number of guanidine groups is 1. The minimum atomic E-state index is -1.34. The van der Waals surface area contributed by atoms with Crippen molar-refractivity contribution in [2.45, 2.75) is 120 Å². The molecule has 0 radical (unpaired) electrons. The van der Waals surface area contributed by atoms with E-state index >= 15 is 0 Å². The average molecular weight is 962 g/mol. The Hall–Kier alpha value is -5.89. The zero-order valence-electron chi connectivity index (χ0n) is 37.0. The first kappa shape index (κ1) is 52.7. The fraction of sp³-hybridized carbons (Fsp3) is 0.625. The van der Waals surface area contributed by atoms with Gasteiger partial charge in [0.2, 0.25) is 41.4 Å². The van der Waals surface area contributed by atoms with Crippen LogP contribution in [0.1, 0.15) is 70.2 Å². The van der Waals surface area contributed by atoms with Gasteiger partial charge in [-0.05, 0) is 50.9 Å². The quantitative estimate of drug-likeness (QED) is 0.0201. The number of aromatic nitrogens is 4. The van der Waals surface area contributed by atoms with E-state index in [4.69, 9.17) is 17.2 Å². The molecule has 0 unspecified atom stereocenters. The van der Waals surface area contributed by atoms with Crippen LogP contribution in [0, 0.1) is 5.92 Å². The second-order valence-electron chi connectivity index (χ2n) is 16.6. The number of imidazole rings is 2. The van der Waals surface area contributed by atoms with E-state index in [0.29, 0.717) is 24.2 Å². The monoisotopic (exact) mass is 961 g/mol. The number of carbonyl (C=O) groups excluding carboxylic acids is 7. The molecule has 364 valence electrons. The number of aromatic amines is 2. The predicted molar refractivity (Wildman–Crippen MR) is 246 cm³/mol. The number of amides is 7. The fourth-order valence-corrected chi connectivity index (χ4v) is 8.15. The summed E-state index contributed by atoms with van der Waals surface area (Å²) in [4.78, 5) is 129. The molecule has 0 aromatic carbocycles. The Morgan fingerprint density at radius 2 is 1.24 bits per heavy atom. The highest BCUT2D eigenvalue weighted by Gasteiger charge is 2.42. The van der Waals surface area contributed by atoms with Crippen LogP contribution in [0.25, 0.3) is 0 Å². The summed E-state index contributed by atoms with van der Waals surface area (Å²) in [6.45, 7) is 4.18. The summed E-state index contributed by atoms with van der Waals surface area (Å²) in [7, 11) is 0. The van der Waals surface area contributed by atoms with Crippen molar-refractivity contribution in [2.75, 3.05) is 31.1 Å². The van der Waals surface area contributed by atoms with Crippen molar-refractivity contribution in [1.82, 2.24) is 56.3 Å². The summed E-state index contributed by atoms with van der Waals surface area (Å²) < 4.78 is 0. The standard InChI is InChI=1S/C40H63N15O9S2/c1-21(2)12-27(37(61)54-10-4-7-30(54)35(59)49-25(6-3-9-46-40(42)43)33(57)53-29(18-66)39(63)64)52-34(58)26(13-22-15-44-19-47-22)50-36(60)31-8-5-11-55(31)38(62)28(14-23-16-45-20-48-23)51-32(56)24(41)17-65/h15-16,19-21,24-31,65-66H,3-14,17-18,41H2,1-2H3,(H,44,47)(H,45,48)(H,49,59)(H,50,60)(H,51,56)(H,52,58)(H,53,57)(H,63,64)(H4,42,43,46)/t24-,25-,26-,27-,28-,29-,30-,31-/m0/s1. The molecule has 2 saturated heterocycles. The van der Waals surface area contributed by atoms with Crippen LogP contribution in [0.3, 0.4) is 0 Å². The van der Waals surface area contributed by atoms with Gasteiger partial charge in [-0.25, -0.2) is 14.8 Å². The number of likely N-dealkylation sites (tertiary alicyclic amines) is 2. The van der Waals surface area contributed by atoms with Crippen LogP contribution in [-0.4, -0.2) is 168 Å². The van der Waals surface area contributed by atoms with Gasteiger partial charge in [-0.15, -0.1) is 0 Å². The molecule has 2 aromatic rings. The van der Waals surface area contributed by atoms with Crippen LogP contribution < -0.4 is 43.8 Å². The number of carbonyl (C=O) groups is 8. The third kappa shape index (κ3) is 15.4. The highest BCUT2D eigenvalue weighted by molar-refractivity contribution is 7.80. The molecule has 2 aliphatic rings. The molecular formula is C40H63N15O9S2. The van der Waals surface area contributed by atoms with Gasteiger partial charge in [0, 0.05) is 67.8 Å². The molecule has 0 saturated carbocycles. The maximum atomic E-state index is 14.4. The number of aliphatic imine (C=N–C) groups is 1. The molecule has 7 amide bonds. The van der Waals surface area contributed by atoms with E-state index in [1.807, 2.05) is 13.8 Å². The second kappa shape index (κ2) is 25.7. The molecule has 2 aromatic heterocycles. The molecule has 2 fully saturated rings. The molecule has 14 N–H and O–H groups in total. The highest BCUT2D eigenvalue weighted by Crippen LogP contribution is 2.23. The molecule has 66 heavy (non-hydrogen) atoms. The minimum Gasteiger partial charge on any atom is -0.480 e. The van der Waals surface area contributed by atoms with Crippen molar-refractivity contribution < 1.29 is 43.5 Å². The number of hydrogen-bond acceptors (Lipinski definition) is 14. The Kier molecular flexibility index (Phi) is 20.5. The van der Waals surface area contributed by atoms with Gasteiger partial charge in [-0.2, -0.15) is 25.3 Å². The summed E-state index contributed by atoms with van der Waals surface area (Å²) >= 11 is 8.10. The topological polar surface area (TPSA) is 371 Å². The van der Waals surface area contributed by atoms with Crippen LogP contribution in [-0.2, 0) is 51.2 Å². The van der Waals surface area contributed by atoms with Crippen molar-refractivity contribution in [3.63, 3.8) is 0 Å². The number of nitrogens with zero attached hydrogens (tertiary/aromatic N) is 5. The van der Waals surface area contributed by atoms with E-state index in [2.05, 4.69) is 76.8 Å². The maximum absolute atomic E-state index is 14.4. The van der Waals surface area contributed by atoms with Crippen molar-refractivity contribution in [2.24, 2.45) is 28.1 Å². The molecule has 4 rings (SSSR count). The van der Waals surface area contributed by atoms with Gasteiger partial charge in [0.05, 0.1) is 18.7 Å². The summed E-state index contributed by atoms with van der Waals surface area (Å²) in [5.41, 5.74) is 17.8. The number of hydrogen-bond donors (Lipinski definition) is 13. The Labute approximate surface area is 392 Å². The van der Waals surface area contributed by atoms with Crippen molar-refractivity contribution >= 4 is 78.5 Å². The maximum Gasteiger partial charge on any atom is 0.327 e. The number of H-pyrrole nitrogens is 2. The fourth-order valence-electron chi connectivity index (χ4n) is 7.74. The number of aliphatic carboxylic acids is 1. The molecule has 24 nitrogen and oxygen atoms in total.